The number of carbonyl (C=O) groups is 1. The minimum atomic E-state index is -3.91. The van der Waals surface area contributed by atoms with Crippen LogP contribution < -0.4 is 19.5 Å². The van der Waals surface area contributed by atoms with Crippen molar-refractivity contribution in [2.75, 3.05) is 39.2 Å². The lowest BCUT2D eigenvalue weighted by atomic mass is 10.3. The predicted octanol–water partition coefficient (Wildman–Crippen LogP) is 2.73. The van der Waals surface area contributed by atoms with Crippen molar-refractivity contribution >= 4 is 42.6 Å². The van der Waals surface area contributed by atoms with Gasteiger partial charge >= 0.3 is 0 Å². The first-order valence-corrected chi connectivity index (χ1v) is 11.7. The Hall–Kier alpha value is -2.89. The predicted molar refractivity (Wildman–Crippen MR) is 117 cm³/mol. The van der Waals surface area contributed by atoms with Crippen molar-refractivity contribution in [1.29, 1.82) is 0 Å². The van der Waals surface area contributed by atoms with Crippen molar-refractivity contribution in [3.8, 4) is 17.2 Å². The van der Waals surface area contributed by atoms with E-state index in [0.717, 1.165) is 9.01 Å². The van der Waals surface area contributed by atoms with Gasteiger partial charge in [0, 0.05) is 19.5 Å². The van der Waals surface area contributed by atoms with E-state index in [1.807, 2.05) is 12.1 Å². The maximum Gasteiger partial charge on any atom is 0.243 e. The molecule has 1 aliphatic heterocycles. The number of hydrogen-bond donors (Lipinski definition) is 1. The van der Waals surface area contributed by atoms with Gasteiger partial charge in [-0.25, -0.2) is 13.4 Å². The number of anilines is 1. The number of rotatable bonds is 6. The fraction of sp³-hybridized carbons (Fsp3) is 0.300. The van der Waals surface area contributed by atoms with Gasteiger partial charge in [-0.3, -0.25) is 4.79 Å². The fourth-order valence-electron chi connectivity index (χ4n) is 3.07. The molecule has 2 heterocycles. The molecule has 0 aliphatic carbocycles. The molecule has 1 N–H and O–H groups in total. The first-order valence-electron chi connectivity index (χ1n) is 9.48. The summed E-state index contributed by atoms with van der Waals surface area (Å²) in [6.45, 7) is 0.586. The van der Waals surface area contributed by atoms with Crippen molar-refractivity contribution in [3.63, 3.8) is 0 Å². The summed E-state index contributed by atoms with van der Waals surface area (Å²) < 4.78 is 44.1. The summed E-state index contributed by atoms with van der Waals surface area (Å²) in [6.07, 6.45) is 0.717. The van der Waals surface area contributed by atoms with Crippen LogP contribution in [0.1, 0.15) is 6.42 Å². The molecule has 0 bridgehead atoms. The maximum atomic E-state index is 12.9. The van der Waals surface area contributed by atoms with Crippen LogP contribution >= 0.6 is 11.3 Å². The SMILES string of the molecule is COc1cccc2sc(NC(=O)CN(C)S(=O)(=O)c3ccc4c(c3)OCCCO4)nc12. The van der Waals surface area contributed by atoms with Crippen LogP contribution in [-0.4, -0.2) is 57.5 Å². The number of nitrogens with zero attached hydrogens (tertiary/aromatic N) is 2. The van der Waals surface area contributed by atoms with Gasteiger partial charge in [-0.2, -0.15) is 4.31 Å². The van der Waals surface area contributed by atoms with Gasteiger partial charge in [0.25, 0.3) is 0 Å². The molecular weight excluding hydrogens is 442 g/mol. The van der Waals surface area contributed by atoms with Crippen LogP contribution in [0, 0.1) is 0 Å². The largest absolute Gasteiger partial charge is 0.494 e. The Bertz CT molecular complexity index is 1220. The monoisotopic (exact) mass is 463 g/mol. The lowest BCUT2D eigenvalue weighted by Gasteiger charge is -2.17. The van der Waals surface area contributed by atoms with Crippen molar-refractivity contribution in [2.24, 2.45) is 0 Å². The van der Waals surface area contributed by atoms with Gasteiger partial charge in [0.05, 0.1) is 36.5 Å². The van der Waals surface area contributed by atoms with E-state index in [1.54, 1.807) is 19.2 Å². The number of thiazole rings is 1. The maximum absolute atomic E-state index is 12.9. The second kappa shape index (κ2) is 8.69. The number of methoxy groups -OCH3 is 1. The summed E-state index contributed by atoms with van der Waals surface area (Å²) in [7, 11) is -1.01. The van der Waals surface area contributed by atoms with Crippen molar-refractivity contribution < 1.29 is 27.4 Å². The Kier molecular flexibility index (Phi) is 5.99. The third-order valence-electron chi connectivity index (χ3n) is 4.64. The van der Waals surface area contributed by atoms with Crippen LogP contribution in [0.5, 0.6) is 17.2 Å². The van der Waals surface area contributed by atoms with E-state index in [2.05, 4.69) is 10.3 Å². The second-order valence-corrected chi connectivity index (χ2v) is 9.87. The first kappa shape index (κ1) is 21.3. The topological polar surface area (TPSA) is 107 Å². The molecule has 1 aliphatic rings. The summed E-state index contributed by atoms with van der Waals surface area (Å²) in [5, 5.41) is 3.02. The van der Waals surface area contributed by atoms with Gasteiger partial charge in [0.15, 0.2) is 16.6 Å². The third kappa shape index (κ3) is 4.43. The first-order chi connectivity index (χ1) is 14.9. The van der Waals surface area contributed by atoms with Gasteiger partial charge in [0.1, 0.15) is 11.3 Å². The zero-order valence-electron chi connectivity index (χ0n) is 17.0. The van der Waals surface area contributed by atoms with Crippen LogP contribution in [0.3, 0.4) is 0 Å². The zero-order valence-corrected chi connectivity index (χ0v) is 18.6. The van der Waals surface area contributed by atoms with E-state index in [9.17, 15) is 13.2 Å². The van der Waals surface area contributed by atoms with Crippen molar-refractivity contribution in [3.05, 3.63) is 36.4 Å². The van der Waals surface area contributed by atoms with E-state index in [-0.39, 0.29) is 11.4 Å². The van der Waals surface area contributed by atoms with Gasteiger partial charge < -0.3 is 19.5 Å². The highest BCUT2D eigenvalue weighted by atomic mass is 32.2. The normalized spacial score (nSPS) is 13.8. The number of sulfonamides is 1. The van der Waals surface area contributed by atoms with Crippen LogP contribution in [0.4, 0.5) is 5.13 Å². The molecule has 4 rings (SSSR count). The molecule has 0 saturated carbocycles. The molecule has 0 fully saturated rings. The highest BCUT2D eigenvalue weighted by Crippen LogP contribution is 2.33. The summed E-state index contributed by atoms with van der Waals surface area (Å²) in [5.74, 6) is 0.977. The molecular formula is C20H21N3O6S2. The Morgan fingerprint density at radius 1 is 1.23 bits per heavy atom. The molecule has 9 nitrogen and oxygen atoms in total. The van der Waals surface area contributed by atoms with Gasteiger partial charge in [0.2, 0.25) is 15.9 Å². The van der Waals surface area contributed by atoms with Crippen LogP contribution in [0.25, 0.3) is 10.2 Å². The minimum absolute atomic E-state index is 0.0248. The van der Waals surface area contributed by atoms with E-state index in [1.165, 1.54) is 30.5 Å². The molecule has 164 valence electrons. The fourth-order valence-corrected chi connectivity index (χ4v) is 5.11. The standard InChI is InChI=1S/C20H21N3O6S2/c1-23(31(25,26)13-7-8-14-16(11-13)29-10-4-9-28-14)12-18(24)21-20-22-19-15(27-2)5-3-6-17(19)30-20/h3,5-8,11H,4,9-10,12H2,1-2H3,(H,21,22,24). The highest BCUT2D eigenvalue weighted by molar-refractivity contribution is 7.89. The van der Waals surface area contributed by atoms with Crippen LogP contribution in [0.15, 0.2) is 41.3 Å². The summed E-state index contributed by atoms with van der Waals surface area (Å²) in [5.41, 5.74) is 0.637. The molecule has 0 radical (unpaired) electrons. The minimum Gasteiger partial charge on any atom is -0.494 e. The average Bonchev–Trinajstić information content (AvgIpc) is 3.00. The number of carbonyl (C=O) groups excluding carboxylic acids is 1. The molecule has 3 aromatic rings. The Morgan fingerprint density at radius 3 is 2.77 bits per heavy atom. The van der Waals surface area contributed by atoms with E-state index in [0.29, 0.717) is 47.5 Å². The second-order valence-electron chi connectivity index (χ2n) is 6.79. The number of amides is 1. The summed E-state index contributed by atoms with van der Waals surface area (Å²) >= 11 is 1.28. The molecule has 1 amide bonds. The number of ether oxygens (including phenoxy) is 3. The lowest BCUT2D eigenvalue weighted by molar-refractivity contribution is -0.116. The molecule has 31 heavy (non-hydrogen) atoms. The summed E-state index contributed by atoms with van der Waals surface area (Å²) in [4.78, 5) is 16.9. The van der Waals surface area contributed by atoms with E-state index >= 15 is 0 Å². The summed E-state index contributed by atoms with van der Waals surface area (Å²) in [6, 6.07) is 9.91. The number of nitrogens with one attached hydrogen (secondary N) is 1. The number of fused-ring (bicyclic) bond motifs is 2. The van der Waals surface area contributed by atoms with Gasteiger partial charge in [-0.05, 0) is 24.3 Å². The number of para-hydroxylation sites is 1. The molecule has 1 aromatic heterocycles. The van der Waals surface area contributed by atoms with E-state index in [4.69, 9.17) is 14.2 Å². The van der Waals surface area contributed by atoms with E-state index < -0.39 is 15.9 Å². The lowest BCUT2D eigenvalue weighted by Crippen LogP contribution is -2.34. The molecule has 2 aromatic carbocycles. The van der Waals surface area contributed by atoms with Gasteiger partial charge in [-0.15, -0.1) is 0 Å². The molecule has 11 heteroatoms. The van der Waals surface area contributed by atoms with Crippen molar-refractivity contribution in [1.82, 2.24) is 9.29 Å². The Labute approximate surface area is 183 Å². The third-order valence-corrected chi connectivity index (χ3v) is 7.38. The number of aromatic nitrogens is 1. The Balaban J connectivity index is 1.47. The number of hydrogen-bond acceptors (Lipinski definition) is 8. The van der Waals surface area contributed by atoms with Crippen LogP contribution in [0.2, 0.25) is 0 Å². The molecule has 0 unspecified atom stereocenters. The average molecular weight is 464 g/mol. The van der Waals surface area contributed by atoms with Gasteiger partial charge in [-0.1, -0.05) is 17.4 Å². The van der Waals surface area contributed by atoms with Crippen molar-refractivity contribution in [2.45, 2.75) is 11.3 Å². The Morgan fingerprint density at radius 2 is 2.00 bits per heavy atom. The molecule has 0 saturated heterocycles. The smallest absolute Gasteiger partial charge is 0.243 e. The highest BCUT2D eigenvalue weighted by Gasteiger charge is 2.25. The molecule has 0 spiro atoms. The van der Waals surface area contributed by atoms with Crippen LogP contribution in [-0.2, 0) is 14.8 Å². The molecule has 0 atom stereocenters. The number of benzene rings is 2. The number of likely N-dealkylation sites (N-methyl/N-ethyl adjacent to an activating group) is 1. The zero-order chi connectivity index (χ0) is 22.0. The quantitative estimate of drug-likeness (QED) is 0.599.